The van der Waals surface area contributed by atoms with Crippen molar-refractivity contribution in [3.8, 4) is 34.5 Å². The third-order valence-corrected chi connectivity index (χ3v) is 2.90. The van der Waals surface area contributed by atoms with Gasteiger partial charge in [0.15, 0.2) is 11.5 Å². The third-order valence-electron chi connectivity index (χ3n) is 2.90. The molecule has 0 amide bonds. The van der Waals surface area contributed by atoms with Crippen LogP contribution in [-0.2, 0) is 0 Å². The smallest absolute Gasteiger partial charge is 0.262 e. The van der Waals surface area contributed by atoms with Crippen LogP contribution in [0.15, 0.2) is 34.9 Å². The molecule has 0 bridgehead atoms. The van der Waals surface area contributed by atoms with Gasteiger partial charge in [0, 0.05) is 0 Å². The maximum absolute atomic E-state index is 10.1. The maximum atomic E-state index is 10.1. The van der Waals surface area contributed by atoms with Crippen LogP contribution in [0, 0.1) is 6.92 Å². The van der Waals surface area contributed by atoms with E-state index < -0.39 is 0 Å². The van der Waals surface area contributed by atoms with E-state index in [2.05, 4.69) is 20.3 Å². The number of rotatable bonds is 3. The highest BCUT2D eigenvalue weighted by molar-refractivity contribution is 5.68. The van der Waals surface area contributed by atoms with Gasteiger partial charge < -0.3 is 14.4 Å². The second-order valence-corrected chi connectivity index (χ2v) is 4.34. The van der Waals surface area contributed by atoms with Crippen molar-refractivity contribution in [3.05, 3.63) is 36.0 Å². The second kappa shape index (κ2) is 5.20. The number of phenolic OH excluding ortho intramolecular Hbond substituents is 1. The first-order chi connectivity index (χ1) is 10.2. The molecular weight excluding hydrogens is 272 g/mol. The van der Waals surface area contributed by atoms with E-state index in [0.29, 0.717) is 22.8 Å². The van der Waals surface area contributed by atoms with E-state index in [9.17, 15) is 5.11 Å². The van der Waals surface area contributed by atoms with E-state index in [1.165, 1.54) is 7.11 Å². The fraction of sp³-hybridized carbons (Fsp3) is 0.143. The molecular formula is C14H12N4O3. The first-order valence-corrected chi connectivity index (χ1v) is 6.20. The van der Waals surface area contributed by atoms with Gasteiger partial charge in [0.05, 0.1) is 18.4 Å². The number of nitrogens with zero attached hydrogens (tertiary/aromatic N) is 4. The van der Waals surface area contributed by atoms with Crippen LogP contribution in [0.4, 0.5) is 0 Å². The summed E-state index contributed by atoms with van der Waals surface area (Å²) in [6.45, 7) is 1.84. The summed E-state index contributed by atoms with van der Waals surface area (Å²) in [5.41, 5.74) is 1.69. The monoisotopic (exact) mass is 284 g/mol. The Morgan fingerprint density at radius 3 is 2.71 bits per heavy atom. The molecule has 3 rings (SSSR count). The van der Waals surface area contributed by atoms with Crippen LogP contribution in [0.5, 0.6) is 11.5 Å². The van der Waals surface area contributed by atoms with Crippen LogP contribution in [0.3, 0.4) is 0 Å². The number of aryl methyl sites for hydroxylation is 1. The van der Waals surface area contributed by atoms with E-state index in [-0.39, 0.29) is 11.6 Å². The van der Waals surface area contributed by atoms with Crippen molar-refractivity contribution in [1.29, 1.82) is 0 Å². The predicted octanol–water partition coefficient (Wildman–Crippen LogP) is 2.22. The minimum atomic E-state index is -0.0507. The van der Waals surface area contributed by atoms with Crippen molar-refractivity contribution in [1.82, 2.24) is 20.3 Å². The Morgan fingerprint density at radius 1 is 1.14 bits per heavy atom. The SMILES string of the molecule is COc1cccc(-c2nc(-c3ccc(C)nn3)no2)c1O. The Bertz CT molecular complexity index is 768. The fourth-order valence-corrected chi connectivity index (χ4v) is 1.81. The van der Waals surface area contributed by atoms with Crippen molar-refractivity contribution in [3.63, 3.8) is 0 Å². The van der Waals surface area contributed by atoms with Gasteiger partial charge in [0.2, 0.25) is 5.82 Å². The minimum Gasteiger partial charge on any atom is -0.504 e. The summed E-state index contributed by atoms with van der Waals surface area (Å²) in [5, 5.41) is 21.9. The molecule has 0 fully saturated rings. The van der Waals surface area contributed by atoms with Crippen LogP contribution in [0.2, 0.25) is 0 Å². The average Bonchev–Trinajstić information content (AvgIpc) is 2.98. The predicted molar refractivity (Wildman–Crippen MR) is 73.7 cm³/mol. The number of hydrogen-bond donors (Lipinski definition) is 1. The summed E-state index contributed by atoms with van der Waals surface area (Å²) in [5.74, 6) is 0.774. The van der Waals surface area contributed by atoms with E-state index in [4.69, 9.17) is 9.26 Å². The number of hydrogen-bond acceptors (Lipinski definition) is 7. The lowest BCUT2D eigenvalue weighted by Crippen LogP contribution is -1.91. The molecule has 106 valence electrons. The zero-order valence-corrected chi connectivity index (χ0v) is 11.4. The van der Waals surface area contributed by atoms with Crippen LogP contribution in [-0.4, -0.2) is 32.6 Å². The summed E-state index contributed by atoms with van der Waals surface area (Å²) in [6, 6.07) is 8.59. The summed E-state index contributed by atoms with van der Waals surface area (Å²) in [4.78, 5) is 4.22. The Labute approximate surface area is 120 Å². The summed E-state index contributed by atoms with van der Waals surface area (Å²) in [6.07, 6.45) is 0. The molecule has 21 heavy (non-hydrogen) atoms. The number of aromatic nitrogens is 4. The Kier molecular flexibility index (Phi) is 3.23. The summed E-state index contributed by atoms with van der Waals surface area (Å²) >= 11 is 0. The molecule has 0 saturated carbocycles. The van der Waals surface area contributed by atoms with Crippen LogP contribution < -0.4 is 4.74 Å². The number of benzene rings is 1. The van der Waals surface area contributed by atoms with Gasteiger partial charge in [-0.3, -0.25) is 0 Å². The summed E-state index contributed by atoms with van der Waals surface area (Å²) in [7, 11) is 1.47. The molecule has 0 spiro atoms. The number of para-hydroxylation sites is 1. The lowest BCUT2D eigenvalue weighted by molar-refractivity contribution is 0.371. The molecule has 0 aliphatic heterocycles. The van der Waals surface area contributed by atoms with Crippen molar-refractivity contribution < 1.29 is 14.4 Å². The molecule has 0 unspecified atom stereocenters. The Hall–Kier alpha value is -2.96. The molecule has 7 heteroatoms. The number of phenols is 1. The molecule has 7 nitrogen and oxygen atoms in total. The molecule has 0 aliphatic carbocycles. The van der Waals surface area contributed by atoms with Crippen molar-refractivity contribution in [2.45, 2.75) is 6.92 Å². The lowest BCUT2D eigenvalue weighted by atomic mass is 10.2. The molecule has 2 heterocycles. The number of methoxy groups -OCH3 is 1. The van der Waals surface area contributed by atoms with E-state index in [1.807, 2.05) is 6.92 Å². The first-order valence-electron chi connectivity index (χ1n) is 6.20. The molecule has 3 aromatic rings. The van der Waals surface area contributed by atoms with Gasteiger partial charge in [-0.25, -0.2) is 0 Å². The van der Waals surface area contributed by atoms with E-state index in [0.717, 1.165) is 5.69 Å². The maximum Gasteiger partial charge on any atom is 0.262 e. The quantitative estimate of drug-likeness (QED) is 0.787. The van der Waals surface area contributed by atoms with E-state index >= 15 is 0 Å². The molecule has 0 atom stereocenters. The minimum absolute atomic E-state index is 0.0507. The Morgan fingerprint density at radius 2 is 2.00 bits per heavy atom. The molecule has 0 saturated heterocycles. The molecule has 1 N–H and O–H groups in total. The summed E-state index contributed by atoms with van der Waals surface area (Å²) < 4.78 is 10.2. The number of aromatic hydroxyl groups is 1. The second-order valence-electron chi connectivity index (χ2n) is 4.34. The zero-order valence-electron chi connectivity index (χ0n) is 11.4. The van der Waals surface area contributed by atoms with Crippen LogP contribution in [0.25, 0.3) is 23.0 Å². The van der Waals surface area contributed by atoms with E-state index in [1.54, 1.807) is 30.3 Å². The van der Waals surface area contributed by atoms with Gasteiger partial charge in [-0.05, 0) is 31.2 Å². The topological polar surface area (TPSA) is 94.2 Å². The fourth-order valence-electron chi connectivity index (χ4n) is 1.81. The van der Waals surface area contributed by atoms with Gasteiger partial charge in [0.1, 0.15) is 5.69 Å². The van der Waals surface area contributed by atoms with Crippen molar-refractivity contribution >= 4 is 0 Å². The van der Waals surface area contributed by atoms with Gasteiger partial charge in [-0.2, -0.15) is 10.1 Å². The highest BCUT2D eigenvalue weighted by Gasteiger charge is 2.17. The molecule has 2 aromatic heterocycles. The van der Waals surface area contributed by atoms with Crippen molar-refractivity contribution in [2.75, 3.05) is 7.11 Å². The molecule has 0 aliphatic rings. The normalized spacial score (nSPS) is 10.6. The number of ether oxygens (including phenoxy) is 1. The van der Waals surface area contributed by atoms with Crippen LogP contribution in [0.1, 0.15) is 5.69 Å². The first kappa shape index (κ1) is 13.0. The average molecular weight is 284 g/mol. The molecule has 0 radical (unpaired) electrons. The van der Waals surface area contributed by atoms with Crippen molar-refractivity contribution in [2.24, 2.45) is 0 Å². The van der Waals surface area contributed by atoms with Gasteiger partial charge in [0.25, 0.3) is 5.89 Å². The highest BCUT2D eigenvalue weighted by Crippen LogP contribution is 2.36. The Balaban J connectivity index is 2.00. The zero-order chi connectivity index (χ0) is 14.8. The van der Waals surface area contributed by atoms with Crippen LogP contribution >= 0.6 is 0 Å². The standard InChI is InChI=1S/C14H12N4O3/c1-8-6-7-10(17-16-8)13-15-14(21-18-13)9-4-3-5-11(20-2)12(9)19/h3-7,19H,1-2H3. The highest BCUT2D eigenvalue weighted by atomic mass is 16.5. The van der Waals surface area contributed by atoms with Gasteiger partial charge >= 0.3 is 0 Å². The van der Waals surface area contributed by atoms with Gasteiger partial charge in [-0.1, -0.05) is 11.2 Å². The largest absolute Gasteiger partial charge is 0.504 e. The molecule has 1 aromatic carbocycles. The third kappa shape index (κ3) is 2.40. The van der Waals surface area contributed by atoms with Gasteiger partial charge in [-0.15, -0.1) is 5.10 Å². The lowest BCUT2D eigenvalue weighted by Gasteiger charge is -2.04.